The molecule has 0 aliphatic carbocycles. The van der Waals surface area contributed by atoms with Crippen LogP contribution in [0.5, 0.6) is 0 Å². The molecule has 0 aromatic carbocycles. The SMILES string of the molecule is CCCC1=NCC=C(O)N1. The normalized spacial score (nSPS) is 17.3. The topological polar surface area (TPSA) is 44.6 Å². The van der Waals surface area contributed by atoms with E-state index in [2.05, 4.69) is 17.2 Å². The van der Waals surface area contributed by atoms with Gasteiger partial charge in [0, 0.05) is 6.42 Å². The predicted octanol–water partition coefficient (Wildman–Crippen LogP) is 1.19. The van der Waals surface area contributed by atoms with Crippen LogP contribution in [0.2, 0.25) is 0 Å². The first-order valence-electron chi connectivity index (χ1n) is 3.52. The Bertz CT molecular complexity index is 172. The van der Waals surface area contributed by atoms with Crippen molar-refractivity contribution in [2.45, 2.75) is 19.8 Å². The monoisotopic (exact) mass is 140 g/mol. The molecule has 0 unspecified atom stereocenters. The summed E-state index contributed by atoms with van der Waals surface area (Å²) in [5.41, 5.74) is 0. The molecule has 0 atom stereocenters. The van der Waals surface area contributed by atoms with Crippen LogP contribution < -0.4 is 5.32 Å². The van der Waals surface area contributed by atoms with E-state index in [9.17, 15) is 0 Å². The van der Waals surface area contributed by atoms with Gasteiger partial charge in [-0.1, -0.05) is 6.92 Å². The number of hydrogen-bond donors (Lipinski definition) is 2. The van der Waals surface area contributed by atoms with Crippen LogP contribution in [-0.4, -0.2) is 17.5 Å². The molecule has 0 radical (unpaired) electrons. The Morgan fingerprint density at radius 2 is 2.60 bits per heavy atom. The van der Waals surface area contributed by atoms with Gasteiger partial charge in [0.15, 0.2) is 5.88 Å². The second-order valence-corrected chi connectivity index (χ2v) is 2.25. The van der Waals surface area contributed by atoms with Crippen LogP contribution in [0, 0.1) is 0 Å². The fraction of sp³-hybridized carbons (Fsp3) is 0.571. The van der Waals surface area contributed by atoms with E-state index in [0.717, 1.165) is 18.7 Å². The average Bonchev–Trinajstić information content (AvgIpc) is 1.88. The highest BCUT2D eigenvalue weighted by Crippen LogP contribution is 1.97. The lowest BCUT2D eigenvalue weighted by Gasteiger charge is -2.11. The minimum absolute atomic E-state index is 0.235. The summed E-state index contributed by atoms with van der Waals surface area (Å²) in [6.07, 6.45) is 3.62. The largest absolute Gasteiger partial charge is 0.495 e. The molecule has 1 aliphatic heterocycles. The lowest BCUT2D eigenvalue weighted by Crippen LogP contribution is -2.25. The molecule has 0 spiro atoms. The molecule has 0 aromatic heterocycles. The molecule has 0 saturated carbocycles. The maximum atomic E-state index is 8.98. The molecule has 0 amide bonds. The van der Waals surface area contributed by atoms with E-state index in [0.29, 0.717) is 6.54 Å². The van der Waals surface area contributed by atoms with Gasteiger partial charge in [-0.25, -0.2) is 0 Å². The number of aliphatic hydroxyl groups is 1. The van der Waals surface area contributed by atoms with E-state index in [1.54, 1.807) is 6.08 Å². The molecule has 0 bridgehead atoms. The summed E-state index contributed by atoms with van der Waals surface area (Å²) in [7, 11) is 0. The van der Waals surface area contributed by atoms with E-state index in [1.807, 2.05) is 0 Å². The zero-order valence-electron chi connectivity index (χ0n) is 6.09. The number of nitrogens with one attached hydrogen (secondary N) is 1. The van der Waals surface area contributed by atoms with Crippen molar-refractivity contribution in [1.29, 1.82) is 0 Å². The lowest BCUT2D eigenvalue weighted by atomic mass is 10.3. The molecule has 0 aromatic rings. The van der Waals surface area contributed by atoms with Crippen LogP contribution in [0.15, 0.2) is 17.0 Å². The third-order valence-electron chi connectivity index (χ3n) is 1.33. The minimum Gasteiger partial charge on any atom is -0.495 e. The molecule has 0 saturated heterocycles. The van der Waals surface area contributed by atoms with Crippen LogP contribution in [0.1, 0.15) is 19.8 Å². The van der Waals surface area contributed by atoms with Gasteiger partial charge < -0.3 is 10.4 Å². The Labute approximate surface area is 60.5 Å². The van der Waals surface area contributed by atoms with Crippen LogP contribution in [0.4, 0.5) is 0 Å². The highest BCUT2D eigenvalue weighted by atomic mass is 16.3. The number of aliphatic hydroxyl groups excluding tert-OH is 1. The van der Waals surface area contributed by atoms with Gasteiger partial charge in [0.1, 0.15) is 5.84 Å². The molecule has 3 nitrogen and oxygen atoms in total. The van der Waals surface area contributed by atoms with Gasteiger partial charge in [0.25, 0.3) is 0 Å². The summed E-state index contributed by atoms with van der Waals surface area (Å²) < 4.78 is 0. The molecule has 1 heterocycles. The summed E-state index contributed by atoms with van der Waals surface area (Å²) in [5.74, 6) is 1.13. The van der Waals surface area contributed by atoms with Crippen molar-refractivity contribution >= 4 is 5.84 Å². The third-order valence-corrected chi connectivity index (χ3v) is 1.33. The van der Waals surface area contributed by atoms with Gasteiger partial charge in [0.05, 0.1) is 6.54 Å². The number of amidine groups is 1. The Hall–Kier alpha value is -0.990. The van der Waals surface area contributed by atoms with E-state index in [-0.39, 0.29) is 5.88 Å². The van der Waals surface area contributed by atoms with Gasteiger partial charge in [-0.05, 0) is 12.5 Å². The standard InChI is InChI=1S/C7H12N2O/c1-2-3-6-8-5-4-7(10)9-6/h4,10H,2-3,5H2,1H3,(H,8,9). The summed E-state index contributed by atoms with van der Waals surface area (Å²) in [6.45, 7) is 2.69. The first-order valence-corrected chi connectivity index (χ1v) is 3.52. The molecular formula is C7H12N2O. The number of hydrogen-bond acceptors (Lipinski definition) is 3. The van der Waals surface area contributed by atoms with E-state index < -0.39 is 0 Å². The van der Waals surface area contributed by atoms with E-state index >= 15 is 0 Å². The molecule has 2 N–H and O–H groups in total. The van der Waals surface area contributed by atoms with Crippen molar-refractivity contribution in [2.24, 2.45) is 4.99 Å². The molecule has 10 heavy (non-hydrogen) atoms. The molecule has 0 fully saturated rings. The van der Waals surface area contributed by atoms with Crippen molar-refractivity contribution < 1.29 is 5.11 Å². The van der Waals surface area contributed by atoms with Gasteiger partial charge >= 0.3 is 0 Å². The number of nitrogens with zero attached hydrogens (tertiary/aromatic N) is 1. The quantitative estimate of drug-likeness (QED) is 0.605. The average molecular weight is 140 g/mol. The second kappa shape index (κ2) is 3.25. The summed E-state index contributed by atoms with van der Waals surface area (Å²) in [5, 5.41) is 11.8. The maximum Gasteiger partial charge on any atom is 0.187 e. The molecule has 3 heteroatoms. The first-order chi connectivity index (χ1) is 4.83. The highest BCUT2D eigenvalue weighted by molar-refractivity contribution is 5.84. The first kappa shape index (κ1) is 7.12. The van der Waals surface area contributed by atoms with Crippen LogP contribution >= 0.6 is 0 Å². The van der Waals surface area contributed by atoms with Crippen LogP contribution in [0.3, 0.4) is 0 Å². The van der Waals surface area contributed by atoms with Crippen molar-refractivity contribution in [3.8, 4) is 0 Å². The fourth-order valence-electron chi connectivity index (χ4n) is 0.859. The summed E-state index contributed by atoms with van der Waals surface area (Å²) in [4.78, 5) is 4.14. The summed E-state index contributed by atoms with van der Waals surface area (Å²) in [6, 6.07) is 0. The van der Waals surface area contributed by atoms with Crippen LogP contribution in [0.25, 0.3) is 0 Å². The number of aliphatic imine (C=N–C) groups is 1. The maximum absolute atomic E-state index is 8.98. The van der Waals surface area contributed by atoms with Crippen LogP contribution in [-0.2, 0) is 0 Å². The van der Waals surface area contributed by atoms with Gasteiger partial charge in [0.2, 0.25) is 0 Å². The fourth-order valence-corrected chi connectivity index (χ4v) is 0.859. The lowest BCUT2D eigenvalue weighted by molar-refractivity contribution is 0.382. The zero-order chi connectivity index (χ0) is 7.40. The Balaban J connectivity index is 2.41. The molecule has 56 valence electrons. The van der Waals surface area contributed by atoms with Gasteiger partial charge in [-0.2, -0.15) is 0 Å². The van der Waals surface area contributed by atoms with E-state index in [1.165, 1.54) is 0 Å². The van der Waals surface area contributed by atoms with Crippen molar-refractivity contribution in [3.05, 3.63) is 12.0 Å². The third kappa shape index (κ3) is 1.76. The highest BCUT2D eigenvalue weighted by Gasteiger charge is 2.02. The van der Waals surface area contributed by atoms with Crippen molar-refractivity contribution in [1.82, 2.24) is 5.32 Å². The minimum atomic E-state index is 0.235. The predicted molar refractivity (Wildman–Crippen MR) is 41.1 cm³/mol. The van der Waals surface area contributed by atoms with Crippen molar-refractivity contribution in [3.63, 3.8) is 0 Å². The van der Waals surface area contributed by atoms with E-state index in [4.69, 9.17) is 5.11 Å². The Morgan fingerprint density at radius 1 is 1.80 bits per heavy atom. The Morgan fingerprint density at radius 3 is 3.20 bits per heavy atom. The molecule has 1 aliphatic rings. The second-order valence-electron chi connectivity index (χ2n) is 2.25. The zero-order valence-corrected chi connectivity index (χ0v) is 6.09. The number of rotatable bonds is 2. The van der Waals surface area contributed by atoms with Gasteiger partial charge in [-0.15, -0.1) is 0 Å². The molecular weight excluding hydrogens is 128 g/mol. The molecule has 1 rings (SSSR count). The Kier molecular flexibility index (Phi) is 2.31. The van der Waals surface area contributed by atoms with Gasteiger partial charge in [-0.3, -0.25) is 4.99 Å². The van der Waals surface area contributed by atoms with Crippen molar-refractivity contribution in [2.75, 3.05) is 6.54 Å². The summed E-state index contributed by atoms with van der Waals surface area (Å²) >= 11 is 0. The smallest absolute Gasteiger partial charge is 0.187 e.